The minimum atomic E-state index is -0.234. The molecule has 0 spiro atoms. The molecule has 1 aliphatic heterocycles. The van der Waals surface area contributed by atoms with Gasteiger partial charge in [0, 0.05) is 38.3 Å². The van der Waals surface area contributed by atoms with Crippen molar-refractivity contribution in [2.24, 2.45) is 11.7 Å². The highest BCUT2D eigenvalue weighted by Gasteiger charge is 2.29. The van der Waals surface area contributed by atoms with Gasteiger partial charge in [-0.1, -0.05) is 37.3 Å². The zero-order chi connectivity index (χ0) is 15.4. The van der Waals surface area contributed by atoms with Gasteiger partial charge in [0.1, 0.15) is 0 Å². The molecular weight excluding hydrogens is 333 g/mol. The van der Waals surface area contributed by atoms with Crippen molar-refractivity contribution in [1.82, 2.24) is 9.80 Å². The first-order chi connectivity index (χ1) is 10.0. The van der Waals surface area contributed by atoms with E-state index in [0.29, 0.717) is 6.04 Å². The molecule has 4 nitrogen and oxygen atoms in total. The summed E-state index contributed by atoms with van der Waals surface area (Å²) >= 11 is 0. The van der Waals surface area contributed by atoms with Crippen LogP contribution in [0.25, 0.3) is 0 Å². The number of hydrogen-bond acceptors (Lipinski definition) is 3. The summed E-state index contributed by atoms with van der Waals surface area (Å²) in [6.45, 7) is 9.87. The average Bonchev–Trinajstić information content (AvgIpc) is 2.53. The van der Waals surface area contributed by atoms with Crippen molar-refractivity contribution in [2.75, 3.05) is 26.2 Å². The van der Waals surface area contributed by atoms with Crippen LogP contribution in [0.15, 0.2) is 30.3 Å². The number of piperazine rings is 1. The van der Waals surface area contributed by atoms with Crippen LogP contribution in [0.3, 0.4) is 0 Å². The van der Waals surface area contributed by atoms with Gasteiger partial charge in [0.15, 0.2) is 0 Å². The van der Waals surface area contributed by atoms with Gasteiger partial charge in [-0.15, -0.1) is 24.8 Å². The van der Waals surface area contributed by atoms with Gasteiger partial charge in [0.25, 0.3) is 0 Å². The van der Waals surface area contributed by atoms with Gasteiger partial charge in [-0.2, -0.15) is 0 Å². The number of carbonyl (C=O) groups is 1. The molecule has 1 saturated heterocycles. The second-order valence-corrected chi connectivity index (χ2v) is 6.18. The van der Waals surface area contributed by atoms with E-state index in [1.807, 2.05) is 42.2 Å². The SMILES string of the molecule is CC(C(=O)N1CCN(C(C)C)CC1)C(N)c1ccccc1.Cl.Cl. The Labute approximate surface area is 152 Å². The molecule has 2 rings (SSSR count). The van der Waals surface area contributed by atoms with Gasteiger partial charge in [0.05, 0.1) is 5.92 Å². The summed E-state index contributed by atoms with van der Waals surface area (Å²) in [5.74, 6) is -0.00670. The molecule has 2 N–H and O–H groups in total. The number of nitrogens with zero attached hydrogens (tertiary/aromatic N) is 2. The summed E-state index contributed by atoms with van der Waals surface area (Å²) in [5, 5.41) is 0. The quantitative estimate of drug-likeness (QED) is 0.896. The summed E-state index contributed by atoms with van der Waals surface area (Å²) in [5.41, 5.74) is 7.29. The molecule has 0 saturated carbocycles. The van der Waals surface area contributed by atoms with E-state index in [9.17, 15) is 4.79 Å². The zero-order valence-corrected chi connectivity index (χ0v) is 15.8. The Bertz CT molecular complexity index is 462. The lowest BCUT2D eigenvalue weighted by Gasteiger charge is -2.38. The lowest BCUT2D eigenvalue weighted by Crippen LogP contribution is -2.52. The van der Waals surface area contributed by atoms with E-state index < -0.39 is 0 Å². The van der Waals surface area contributed by atoms with E-state index in [1.165, 1.54) is 0 Å². The first-order valence-electron chi connectivity index (χ1n) is 7.84. The fourth-order valence-electron chi connectivity index (χ4n) is 2.86. The molecule has 1 heterocycles. The lowest BCUT2D eigenvalue weighted by atomic mass is 9.94. The van der Waals surface area contributed by atoms with Crippen LogP contribution >= 0.6 is 24.8 Å². The highest BCUT2D eigenvalue weighted by molar-refractivity contribution is 5.85. The largest absolute Gasteiger partial charge is 0.340 e. The van der Waals surface area contributed by atoms with Crippen LogP contribution < -0.4 is 5.73 Å². The average molecular weight is 362 g/mol. The maximum Gasteiger partial charge on any atom is 0.227 e. The van der Waals surface area contributed by atoms with Crippen molar-refractivity contribution in [1.29, 1.82) is 0 Å². The lowest BCUT2D eigenvalue weighted by molar-refractivity contribution is -0.137. The van der Waals surface area contributed by atoms with Crippen molar-refractivity contribution in [3.8, 4) is 0 Å². The topological polar surface area (TPSA) is 49.6 Å². The highest BCUT2D eigenvalue weighted by Crippen LogP contribution is 2.21. The number of carbonyl (C=O) groups excluding carboxylic acids is 1. The third kappa shape index (κ3) is 5.64. The van der Waals surface area contributed by atoms with Crippen LogP contribution in [-0.2, 0) is 4.79 Å². The standard InChI is InChI=1S/C17H27N3O.2ClH/c1-13(2)19-9-11-20(12-10-19)17(21)14(3)16(18)15-7-5-4-6-8-15;;/h4-8,13-14,16H,9-12,18H2,1-3H3;2*1H. The van der Waals surface area contributed by atoms with Gasteiger partial charge < -0.3 is 10.6 Å². The summed E-state index contributed by atoms with van der Waals surface area (Å²) in [6, 6.07) is 10.2. The molecule has 0 bridgehead atoms. The summed E-state index contributed by atoms with van der Waals surface area (Å²) in [6.07, 6.45) is 0. The van der Waals surface area contributed by atoms with Crippen LogP contribution in [0, 0.1) is 5.92 Å². The molecule has 0 radical (unpaired) electrons. The van der Waals surface area contributed by atoms with Gasteiger partial charge in [0.2, 0.25) is 5.91 Å². The Morgan fingerprint density at radius 1 is 1.00 bits per heavy atom. The third-order valence-electron chi connectivity index (χ3n) is 4.47. The van der Waals surface area contributed by atoms with E-state index in [1.54, 1.807) is 0 Å². The summed E-state index contributed by atoms with van der Waals surface area (Å²) in [7, 11) is 0. The van der Waals surface area contributed by atoms with E-state index >= 15 is 0 Å². The maximum atomic E-state index is 12.6. The van der Waals surface area contributed by atoms with Crippen LogP contribution in [0.2, 0.25) is 0 Å². The minimum Gasteiger partial charge on any atom is -0.340 e. The molecule has 1 aromatic carbocycles. The van der Waals surface area contributed by atoms with Gasteiger partial charge in [-0.3, -0.25) is 9.69 Å². The third-order valence-corrected chi connectivity index (χ3v) is 4.47. The number of nitrogens with two attached hydrogens (primary N) is 1. The van der Waals surface area contributed by atoms with Crippen molar-refractivity contribution in [3.05, 3.63) is 35.9 Å². The molecule has 23 heavy (non-hydrogen) atoms. The van der Waals surface area contributed by atoms with E-state index in [0.717, 1.165) is 31.7 Å². The Morgan fingerprint density at radius 3 is 2.00 bits per heavy atom. The molecule has 1 amide bonds. The fraction of sp³-hybridized carbons (Fsp3) is 0.588. The van der Waals surface area contributed by atoms with Crippen molar-refractivity contribution in [3.63, 3.8) is 0 Å². The number of amides is 1. The number of hydrogen-bond donors (Lipinski definition) is 1. The predicted octanol–water partition coefficient (Wildman–Crippen LogP) is 2.72. The second kappa shape index (κ2) is 10.1. The Kier molecular flexibility index (Phi) is 9.78. The Hall–Kier alpha value is -0.810. The van der Waals surface area contributed by atoms with Gasteiger partial charge in [-0.05, 0) is 19.4 Å². The molecular formula is C17H29Cl2N3O. The molecule has 2 unspecified atom stereocenters. The van der Waals surface area contributed by atoms with E-state index in [-0.39, 0.29) is 42.7 Å². The Balaban J connectivity index is 0.00000242. The monoisotopic (exact) mass is 361 g/mol. The van der Waals surface area contributed by atoms with Crippen molar-refractivity contribution < 1.29 is 4.79 Å². The van der Waals surface area contributed by atoms with Crippen LogP contribution in [-0.4, -0.2) is 47.9 Å². The fourth-order valence-corrected chi connectivity index (χ4v) is 2.86. The first-order valence-corrected chi connectivity index (χ1v) is 7.84. The van der Waals surface area contributed by atoms with Crippen LogP contribution in [0.1, 0.15) is 32.4 Å². The minimum absolute atomic E-state index is 0. The number of rotatable bonds is 4. The van der Waals surface area contributed by atoms with Gasteiger partial charge >= 0.3 is 0 Å². The van der Waals surface area contributed by atoms with E-state index in [2.05, 4.69) is 18.7 Å². The normalized spacial score (nSPS) is 17.9. The van der Waals surface area contributed by atoms with E-state index in [4.69, 9.17) is 5.73 Å². The Morgan fingerprint density at radius 2 is 1.52 bits per heavy atom. The molecule has 0 aliphatic carbocycles. The smallest absolute Gasteiger partial charge is 0.227 e. The zero-order valence-electron chi connectivity index (χ0n) is 14.1. The summed E-state index contributed by atoms with van der Waals surface area (Å²) in [4.78, 5) is 17.0. The molecule has 1 aliphatic rings. The van der Waals surface area contributed by atoms with Crippen LogP contribution in [0.4, 0.5) is 0 Å². The number of halogens is 2. The van der Waals surface area contributed by atoms with Crippen molar-refractivity contribution >= 4 is 30.7 Å². The second-order valence-electron chi connectivity index (χ2n) is 6.18. The molecule has 1 aromatic rings. The molecule has 2 atom stereocenters. The molecule has 1 fully saturated rings. The van der Waals surface area contributed by atoms with Crippen LogP contribution in [0.5, 0.6) is 0 Å². The van der Waals surface area contributed by atoms with Gasteiger partial charge in [-0.25, -0.2) is 0 Å². The molecule has 0 aromatic heterocycles. The first kappa shape index (κ1) is 22.2. The summed E-state index contributed by atoms with van der Waals surface area (Å²) < 4.78 is 0. The molecule has 6 heteroatoms. The maximum absolute atomic E-state index is 12.6. The predicted molar refractivity (Wildman–Crippen MR) is 100 cm³/mol. The molecule has 132 valence electrons. The number of benzene rings is 1. The van der Waals surface area contributed by atoms with Crippen molar-refractivity contribution in [2.45, 2.75) is 32.9 Å². The highest BCUT2D eigenvalue weighted by atomic mass is 35.5.